The molecule has 0 aliphatic carbocycles. The summed E-state index contributed by atoms with van der Waals surface area (Å²) in [6, 6.07) is 5.03. The molecule has 0 fully saturated rings. The highest BCUT2D eigenvalue weighted by atomic mass is 127. The third-order valence-corrected chi connectivity index (χ3v) is 4.58. The van der Waals surface area contributed by atoms with Crippen LogP contribution in [0.4, 0.5) is 24.5 Å². The van der Waals surface area contributed by atoms with Gasteiger partial charge in [-0.1, -0.05) is 0 Å². The van der Waals surface area contributed by atoms with Crippen molar-refractivity contribution in [2.24, 2.45) is 0 Å². The predicted molar refractivity (Wildman–Crippen MR) is 115 cm³/mol. The summed E-state index contributed by atoms with van der Waals surface area (Å²) in [5, 5.41) is 2.39. The van der Waals surface area contributed by atoms with Crippen molar-refractivity contribution < 1.29 is 41.9 Å². The van der Waals surface area contributed by atoms with E-state index in [-0.39, 0.29) is 16.8 Å². The van der Waals surface area contributed by atoms with Gasteiger partial charge in [0.2, 0.25) is 0 Å². The van der Waals surface area contributed by atoms with Crippen molar-refractivity contribution >= 4 is 51.7 Å². The number of hydroxylamine groups is 1. The predicted octanol–water partition coefficient (Wildman–Crippen LogP) is 3.39. The highest BCUT2D eigenvalue weighted by Gasteiger charge is 2.24. The Balaban J connectivity index is 2.20. The first kappa shape index (κ1) is 25.5. The number of ketones is 1. The summed E-state index contributed by atoms with van der Waals surface area (Å²) in [6.07, 6.45) is 0. The van der Waals surface area contributed by atoms with E-state index in [0.717, 1.165) is 20.1 Å². The van der Waals surface area contributed by atoms with Crippen molar-refractivity contribution in [3.05, 3.63) is 56.4 Å². The second-order valence-corrected chi connectivity index (χ2v) is 7.50. The molecule has 0 aliphatic heterocycles. The Morgan fingerprint density at radius 3 is 2.41 bits per heavy atom. The molecule has 2 aromatic carbocycles. The lowest BCUT2D eigenvalue weighted by atomic mass is 10.1. The Hall–Kier alpha value is -2.71. The molecule has 0 unspecified atom stereocenters. The van der Waals surface area contributed by atoms with Crippen LogP contribution in [-0.2, 0) is 30.4 Å². The molecule has 0 spiro atoms. The van der Waals surface area contributed by atoms with Crippen LogP contribution in [0.2, 0.25) is 0 Å². The molecule has 0 heterocycles. The minimum absolute atomic E-state index is 0.172. The van der Waals surface area contributed by atoms with E-state index >= 15 is 0 Å². The SMILES string of the molecule is COC(=O)c1cc(CNOCC(=O)COC(C)=O)c(F)c(F)c1Nc1ccc(I)cc1F. The second-order valence-electron chi connectivity index (χ2n) is 6.26. The number of nitrogens with one attached hydrogen (secondary N) is 2. The van der Waals surface area contributed by atoms with Gasteiger partial charge in [0.25, 0.3) is 0 Å². The zero-order valence-corrected chi connectivity index (χ0v) is 19.0. The molecule has 172 valence electrons. The minimum atomic E-state index is -1.44. The summed E-state index contributed by atoms with van der Waals surface area (Å²) in [5.74, 6) is -5.70. The number of esters is 2. The molecule has 32 heavy (non-hydrogen) atoms. The molecule has 0 bridgehead atoms. The summed E-state index contributed by atoms with van der Waals surface area (Å²) >= 11 is 1.88. The number of carbonyl (C=O) groups excluding carboxylic acids is 3. The summed E-state index contributed by atoms with van der Waals surface area (Å²) < 4.78 is 53.2. The molecule has 0 saturated heterocycles. The molecular weight excluding hydrogens is 548 g/mol. The van der Waals surface area contributed by atoms with Crippen LogP contribution < -0.4 is 10.8 Å². The van der Waals surface area contributed by atoms with Crippen LogP contribution in [0.1, 0.15) is 22.8 Å². The molecule has 12 heteroatoms. The van der Waals surface area contributed by atoms with Gasteiger partial charge in [-0.15, -0.1) is 0 Å². The number of hydrogen-bond acceptors (Lipinski definition) is 8. The Labute approximate surface area is 194 Å². The first-order chi connectivity index (χ1) is 15.1. The van der Waals surface area contributed by atoms with Crippen LogP contribution >= 0.6 is 22.6 Å². The smallest absolute Gasteiger partial charge is 0.340 e. The summed E-state index contributed by atoms with van der Waals surface area (Å²) in [7, 11) is 1.05. The fraction of sp³-hybridized carbons (Fsp3) is 0.250. The Kier molecular flexibility index (Phi) is 9.41. The average Bonchev–Trinajstić information content (AvgIpc) is 2.75. The number of ether oxygens (including phenoxy) is 2. The monoisotopic (exact) mass is 566 g/mol. The van der Waals surface area contributed by atoms with Crippen LogP contribution in [0.5, 0.6) is 0 Å². The van der Waals surface area contributed by atoms with E-state index in [4.69, 9.17) is 4.84 Å². The van der Waals surface area contributed by atoms with Crippen molar-refractivity contribution in [1.29, 1.82) is 0 Å². The van der Waals surface area contributed by atoms with Crippen LogP contribution in [-0.4, -0.2) is 38.0 Å². The highest BCUT2D eigenvalue weighted by molar-refractivity contribution is 14.1. The molecule has 0 aromatic heterocycles. The highest BCUT2D eigenvalue weighted by Crippen LogP contribution is 2.31. The number of carbonyl (C=O) groups is 3. The largest absolute Gasteiger partial charge is 0.465 e. The van der Waals surface area contributed by atoms with E-state index in [2.05, 4.69) is 20.3 Å². The Morgan fingerprint density at radius 2 is 1.78 bits per heavy atom. The molecule has 8 nitrogen and oxygen atoms in total. The van der Waals surface area contributed by atoms with Crippen molar-refractivity contribution in [2.75, 3.05) is 25.6 Å². The summed E-state index contributed by atoms with van der Waals surface area (Å²) in [4.78, 5) is 39.1. The van der Waals surface area contributed by atoms with Gasteiger partial charge >= 0.3 is 11.9 Å². The van der Waals surface area contributed by atoms with Gasteiger partial charge in [0, 0.05) is 22.6 Å². The summed E-state index contributed by atoms with van der Waals surface area (Å²) in [5.41, 5.74) is 0.784. The Morgan fingerprint density at radius 1 is 1.06 bits per heavy atom. The lowest BCUT2D eigenvalue weighted by Crippen LogP contribution is -2.24. The maximum absolute atomic E-state index is 14.8. The molecular formula is C20H18F3IN2O6. The van der Waals surface area contributed by atoms with Gasteiger partial charge in [0.05, 0.1) is 24.0 Å². The van der Waals surface area contributed by atoms with E-state index in [1.54, 1.807) is 0 Å². The number of benzene rings is 2. The first-order valence-electron chi connectivity index (χ1n) is 8.95. The number of halogens is 4. The molecule has 0 saturated carbocycles. The van der Waals surface area contributed by atoms with Gasteiger partial charge in [-0.25, -0.2) is 18.0 Å². The van der Waals surface area contributed by atoms with Crippen molar-refractivity contribution in [3.63, 3.8) is 0 Å². The van der Waals surface area contributed by atoms with E-state index < -0.39 is 60.6 Å². The number of methoxy groups -OCH3 is 1. The normalized spacial score (nSPS) is 10.6. The quantitative estimate of drug-likeness (QED) is 0.196. The molecule has 0 aliphatic rings. The van der Waals surface area contributed by atoms with Gasteiger partial charge in [-0.05, 0) is 46.9 Å². The molecule has 0 radical (unpaired) electrons. The first-order valence-corrected chi connectivity index (χ1v) is 10.0. The number of anilines is 2. The van der Waals surface area contributed by atoms with E-state index in [9.17, 15) is 27.6 Å². The fourth-order valence-corrected chi connectivity index (χ4v) is 2.86. The maximum Gasteiger partial charge on any atom is 0.340 e. The van der Waals surface area contributed by atoms with Crippen molar-refractivity contribution in [1.82, 2.24) is 5.48 Å². The zero-order chi connectivity index (χ0) is 23.8. The van der Waals surface area contributed by atoms with Crippen LogP contribution in [0.15, 0.2) is 24.3 Å². The van der Waals surface area contributed by atoms with Gasteiger partial charge in [0.1, 0.15) is 12.4 Å². The van der Waals surface area contributed by atoms with Crippen molar-refractivity contribution in [3.8, 4) is 0 Å². The lowest BCUT2D eigenvalue weighted by Gasteiger charge is -2.16. The van der Waals surface area contributed by atoms with Gasteiger partial charge in [0.15, 0.2) is 24.0 Å². The summed E-state index contributed by atoms with van der Waals surface area (Å²) in [6.45, 7) is -0.297. The standard InChI is InChI=1S/C20H18F3IN2O6/c1-10(27)31-8-13(28)9-32-25-7-11-5-14(20(29)30-2)19(18(23)17(11)22)26-16-4-3-12(24)6-15(16)21/h3-6,25-26H,7-9H2,1-2H3. The van der Waals surface area contributed by atoms with Gasteiger partial charge in [-0.2, -0.15) is 5.48 Å². The van der Waals surface area contributed by atoms with Crippen LogP contribution in [0.3, 0.4) is 0 Å². The molecule has 0 amide bonds. The van der Waals surface area contributed by atoms with Crippen molar-refractivity contribution in [2.45, 2.75) is 13.5 Å². The average molecular weight is 566 g/mol. The minimum Gasteiger partial charge on any atom is -0.465 e. The Bertz CT molecular complexity index is 1030. The fourth-order valence-electron chi connectivity index (χ4n) is 2.41. The molecule has 2 aromatic rings. The number of rotatable bonds is 10. The maximum atomic E-state index is 14.8. The van der Waals surface area contributed by atoms with Crippen LogP contribution in [0, 0.1) is 21.0 Å². The second kappa shape index (κ2) is 11.8. The van der Waals surface area contributed by atoms with Gasteiger partial charge < -0.3 is 14.8 Å². The zero-order valence-electron chi connectivity index (χ0n) is 16.9. The van der Waals surface area contributed by atoms with E-state index in [1.165, 1.54) is 18.2 Å². The topological polar surface area (TPSA) is 103 Å². The van der Waals surface area contributed by atoms with Gasteiger partial charge in [-0.3, -0.25) is 14.4 Å². The lowest BCUT2D eigenvalue weighted by molar-refractivity contribution is -0.147. The molecule has 2 N–H and O–H groups in total. The number of hydrogen-bond donors (Lipinski definition) is 2. The third-order valence-electron chi connectivity index (χ3n) is 3.91. The molecule has 0 atom stereocenters. The van der Waals surface area contributed by atoms with E-state index in [0.29, 0.717) is 3.57 Å². The van der Waals surface area contributed by atoms with E-state index in [1.807, 2.05) is 22.6 Å². The number of Topliss-reactive ketones (excluding diaryl/α,β-unsaturated/α-hetero) is 1. The van der Waals surface area contributed by atoms with Crippen LogP contribution in [0.25, 0.3) is 0 Å². The third kappa shape index (κ3) is 6.90. The molecule has 2 rings (SSSR count).